The van der Waals surface area contributed by atoms with E-state index in [0.717, 1.165) is 22.1 Å². The fourth-order valence-corrected chi connectivity index (χ4v) is 3.66. The smallest absolute Gasteiger partial charge is 0.235 e. The third-order valence-corrected chi connectivity index (χ3v) is 5.49. The molecule has 0 unspecified atom stereocenters. The van der Waals surface area contributed by atoms with Gasteiger partial charge in [-0.3, -0.25) is 4.79 Å². The summed E-state index contributed by atoms with van der Waals surface area (Å²) in [6, 6.07) is 13.2. The minimum atomic E-state index is -0.153. The Balaban J connectivity index is 1.48. The highest BCUT2D eigenvalue weighted by Gasteiger charge is 2.22. The molecule has 3 aromatic rings. The number of ether oxygens (including phenoxy) is 2. The van der Waals surface area contributed by atoms with E-state index in [-0.39, 0.29) is 17.1 Å². The molecule has 1 amide bonds. The molecule has 8 heteroatoms. The third-order valence-electron chi connectivity index (χ3n) is 4.50. The van der Waals surface area contributed by atoms with E-state index in [2.05, 4.69) is 36.2 Å². The van der Waals surface area contributed by atoms with E-state index in [1.165, 1.54) is 11.8 Å². The Labute approximate surface area is 179 Å². The number of anilines is 1. The lowest BCUT2D eigenvalue weighted by Gasteiger charge is -2.18. The van der Waals surface area contributed by atoms with Crippen LogP contribution in [0.5, 0.6) is 11.5 Å². The average molecular weight is 425 g/mol. The van der Waals surface area contributed by atoms with Gasteiger partial charge in [0, 0.05) is 22.6 Å². The molecule has 3 heterocycles. The first-order valence-electron chi connectivity index (χ1n) is 9.74. The summed E-state index contributed by atoms with van der Waals surface area (Å²) in [5.41, 5.74) is 0.724. The molecule has 0 fully saturated rings. The molecule has 0 radical (unpaired) electrons. The predicted octanol–water partition coefficient (Wildman–Crippen LogP) is 4.07. The van der Waals surface area contributed by atoms with Gasteiger partial charge in [-0.05, 0) is 30.3 Å². The molecule has 0 aliphatic carbocycles. The minimum absolute atomic E-state index is 0.118. The standard InChI is InChI=1S/C22H24N4O3S/c1-22(2,3)18-13-20(26(25-18)19-6-4-5-9-23-19)24-21(27)14-30-15-7-8-16-17(12-15)29-11-10-28-16/h4-9,12-13H,10-11,14H2,1-3H3,(H,24,27). The SMILES string of the molecule is CC(C)(C)c1cc(NC(=O)CSc2ccc3c(c2)OCCO3)n(-c2ccccn2)n1. The van der Waals surface area contributed by atoms with E-state index in [1.807, 2.05) is 42.5 Å². The minimum Gasteiger partial charge on any atom is -0.486 e. The number of amides is 1. The van der Waals surface area contributed by atoms with Gasteiger partial charge in [0.2, 0.25) is 5.91 Å². The molecule has 30 heavy (non-hydrogen) atoms. The van der Waals surface area contributed by atoms with E-state index < -0.39 is 0 Å². The van der Waals surface area contributed by atoms with E-state index >= 15 is 0 Å². The summed E-state index contributed by atoms with van der Waals surface area (Å²) in [6.07, 6.45) is 1.71. The summed E-state index contributed by atoms with van der Waals surface area (Å²) < 4.78 is 12.8. The van der Waals surface area contributed by atoms with Gasteiger partial charge in [-0.15, -0.1) is 11.8 Å². The molecule has 0 bridgehead atoms. The molecule has 1 N–H and O–H groups in total. The van der Waals surface area contributed by atoms with Crippen molar-refractivity contribution in [3.63, 3.8) is 0 Å². The predicted molar refractivity (Wildman–Crippen MR) is 117 cm³/mol. The van der Waals surface area contributed by atoms with E-state index in [1.54, 1.807) is 10.9 Å². The molecular weight excluding hydrogens is 400 g/mol. The topological polar surface area (TPSA) is 78.3 Å². The van der Waals surface area contributed by atoms with Gasteiger partial charge >= 0.3 is 0 Å². The molecule has 4 rings (SSSR count). The molecule has 1 aliphatic heterocycles. The molecule has 1 aliphatic rings. The summed E-state index contributed by atoms with van der Waals surface area (Å²) in [7, 11) is 0. The first-order chi connectivity index (χ1) is 14.4. The van der Waals surface area contributed by atoms with Crippen LogP contribution in [0.4, 0.5) is 5.82 Å². The first-order valence-corrected chi connectivity index (χ1v) is 10.7. The second kappa shape index (κ2) is 8.39. The van der Waals surface area contributed by atoms with Crippen molar-refractivity contribution < 1.29 is 14.3 Å². The lowest BCUT2D eigenvalue weighted by atomic mass is 9.92. The second-order valence-corrected chi connectivity index (χ2v) is 8.96. The van der Waals surface area contributed by atoms with Crippen molar-refractivity contribution in [2.75, 3.05) is 24.3 Å². The fraction of sp³-hybridized carbons (Fsp3) is 0.318. The highest BCUT2D eigenvalue weighted by molar-refractivity contribution is 8.00. The lowest BCUT2D eigenvalue weighted by molar-refractivity contribution is -0.113. The number of rotatable bonds is 5. The lowest BCUT2D eigenvalue weighted by Crippen LogP contribution is -2.17. The average Bonchev–Trinajstić information content (AvgIpc) is 3.17. The molecule has 0 atom stereocenters. The summed E-state index contributed by atoms with van der Waals surface area (Å²) >= 11 is 1.44. The van der Waals surface area contributed by atoms with Crippen molar-refractivity contribution in [2.24, 2.45) is 0 Å². The number of pyridine rings is 1. The largest absolute Gasteiger partial charge is 0.486 e. The maximum atomic E-state index is 12.7. The van der Waals surface area contributed by atoms with Crippen LogP contribution in [0.1, 0.15) is 26.5 Å². The van der Waals surface area contributed by atoms with E-state index in [9.17, 15) is 4.79 Å². The maximum absolute atomic E-state index is 12.7. The van der Waals surface area contributed by atoms with Crippen molar-refractivity contribution in [3.05, 3.63) is 54.4 Å². The molecule has 1 aromatic carbocycles. The van der Waals surface area contributed by atoms with Crippen LogP contribution in [-0.4, -0.2) is 39.6 Å². The van der Waals surface area contributed by atoms with Crippen LogP contribution >= 0.6 is 11.8 Å². The van der Waals surface area contributed by atoms with Crippen LogP contribution in [0.3, 0.4) is 0 Å². The Kier molecular flexibility index (Phi) is 5.67. The Morgan fingerprint density at radius 2 is 1.93 bits per heavy atom. The van der Waals surface area contributed by atoms with Crippen molar-refractivity contribution in [1.82, 2.24) is 14.8 Å². The summed E-state index contributed by atoms with van der Waals surface area (Å²) in [6.45, 7) is 7.35. The molecule has 2 aromatic heterocycles. The van der Waals surface area contributed by atoms with Crippen LogP contribution in [0.25, 0.3) is 5.82 Å². The van der Waals surface area contributed by atoms with Crippen LogP contribution in [0.15, 0.2) is 53.6 Å². The Morgan fingerprint density at radius 3 is 2.67 bits per heavy atom. The zero-order valence-electron chi connectivity index (χ0n) is 17.2. The monoisotopic (exact) mass is 424 g/mol. The summed E-state index contributed by atoms with van der Waals surface area (Å²) in [5.74, 6) is 2.86. The normalized spacial score (nSPS) is 13.2. The van der Waals surface area contributed by atoms with Crippen LogP contribution in [0, 0.1) is 0 Å². The number of aromatic nitrogens is 3. The fourth-order valence-electron chi connectivity index (χ4n) is 2.93. The van der Waals surface area contributed by atoms with Crippen molar-refractivity contribution in [3.8, 4) is 17.3 Å². The maximum Gasteiger partial charge on any atom is 0.235 e. The molecule has 0 saturated carbocycles. The number of benzene rings is 1. The van der Waals surface area contributed by atoms with Crippen molar-refractivity contribution in [2.45, 2.75) is 31.1 Å². The highest BCUT2D eigenvalue weighted by atomic mass is 32.2. The quantitative estimate of drug-likeness (QED) is 0.622. The Morgan fingerprint density at radius 1 is 1.13 bits per heavy atom. The van der Waals surface area contributed by atoms with Gasteiger partial charge in [0.15, 0.2) is 17.3 Å². The van der Waals surface area contributed by atoms with Crippen LogP contribution in [-0.2, 0) is 10.2 Å². The van der Waals surface area contributed by atoms with E-state index in [4.69, 9.17) is 9.47 Å². The number of hydrogen-bond acceptors (Lipinski definition) is 6. The highest BCUT2D eigenvalue weighted by Crippen LogP contribution is 2.34. The summed E-state index contributed by atoms with van der Waals surface area (Å²) in [5, 5.41) is 7.65. The van der Waals surface area contributed by atoms with Gasteiger partial charge in [-0.2, -0.15) is 9.78 Å². The van der Waals surface area contributed by atoms with Crippen molar-refractivity contribution >= 4 is 23.5 Å². The summed E-state index contributed by atoms with van der Waals surface area (Å²) in [4.78, 5) is 18.0. The zero-order valence-corrected chi connectivity index (χ0v) is 18.0. The van der Waals surface area contributed by atoms with Crippen LogP contribution < -0.4 is 14.8 Å². The van der Waals surface area contributed by atoms with Gasteiger partial charge < -0.3 is 14.8 Å². The zero-order chi connectivity index (χ0) is 21.1. The Hall–Kier alpha value is -3.00. The number of nitrogens with one attached hydrogen (secondary N) is 1. The third kappa shape index (κ3) is 4.59. The number of fused-ring (bicyclic) bond motifs is 1. The number of carbonyl (C=O) groups is 1. The van der Waals surface area contributed by atoms with Gasteiger partial charge in [-0.1, -0.05) is 26.8 Å². The van der Waals surface area contributed by atoms with Gasteiger partial charge in [0.25, 0.3) is 0 Å². The molecule has 156 valence electrons. The van der Waals surface area contributed by atoms with Crippen molar-refractivity contribution in [1.29, 1.82) is 0 Å². The van der Waals surface area contributed by atoms with Gasteiger partial charge in [0.05, 0.1) is 11.4 Å². The van der Waals surface area contributed by atoms with Gasteiger partial charge in [-0.25, -0.2) is 4.98 Å². The van der Waals surface area contributed by atoms with Crippen LogP contribution in [0.2, 0.25) is 0 Å². The molecule has 0 spiro atoms. The second-order valence-electron chi connectivity index (χ2n) is 7.91. The van der Waals surface area contributed by atoms with E-state index in [0.29, 0.717) is 24.8 Å². The number of carbonyl (C=O) groups excluding carboxylic acids is 1. The van der Waals surface area contributed by atoms with Gasteiger partial charge in [0.1, 0.15) is 19.0 Å². The number of nitrogens with zero attached hydrogens (tertiary/aromatic N) is 3. The molecule has 7 nitrogen and oxygen atoms in total. The molecule has 0 saturated heterocycles. The first kappa shape index (κ1) is 20.3. The number of thioether (sulfide) groups is 1. The Bertz CT molecular complexity index is 1040. The number of hydrogen-bond donors (Lipinski definition) is 1. The molecular formula is C22H24N4O3S.